The Labute approximate surface area is 115 Å². The Morgan fingerprint density at radius 1 is 1.33 bits per heavy atom. The predicted octanol–water partition coefficient (Wildman–Crippen LogP) is 2.31. The standard InChI is InChI=1S/C13H16BrNO3/c1-2-15(6-5-14)13(16)10-3-4-11-12(9-10)18-8-7-17-11/h3-4,9H,2,5-8H2,1H3. The molecule has 1 amide bonds. The van der Waals surface area contributed by atoms with Gasteiger partial charge in [-0.05, 0) is 25.1 Å². The van der Waals surface area contributed by atoms with Crippen molar-refractivity contribution in [3.05, 3.63) is 23.8 Å². The Kier molecular flexibility index (Phi) is 4.47. The number of hydrogen-bond acceptors (Lipinski definition) is 3. The molecule has 0 aliphatic carbocycles. The van der Waals surface area contributed by atoms with Crippen molar-refractivity contribution in [1.29, 1.82) is 0 Å². The number of carbonyl (C=O) groups is 1. The van der Waals surface area contributed by atoms with E-state index < -0.39 is 0 Å². The quantitative estimate of drug-likeness (QED) is 0.801. The molecular formula is C13H16BrNO3. The SMILES string of the molecule is CCN(CCBr)C(=O)c1ccc2c(c1)OCCO2. The van der Waals surface area contributed by atoms with Gasteiger partial charge in [-0.25, -0.2) is 0 Å². The molecule has 0 saturated heterocycles. The number of alkyl halides is 1. The summed E-state index contributed by atoms with van der Waals surface area (Å²) in [7, 11) is 0. The van der Waals surface area contributed by atoms with Crippen LogP contribution in [0.1, 0.15) is 17.3 Å². The average Bonchev–Trinajstić information content (AvgIpc) is 2.43. The minimum atomic E-state index is 0.0222. The van der Waals surface area contributed by atoms with Gasteiger partial charge < -0.3 is 14.4 Å². The van der Waals surface area contributed by atoms with Crippen molar-refractivity contribution >= 4 is 21.8 Å². The van der Waals surface area contributed by atoms with E-state index >= 15 is 0 Å². The Hall–Kier alpha value is -1.23. The molecule has 18 heavy (non-hydrogen) atoms. The van der Waals surface area contributed by atoms with Crippen LogP contribution >= 0.6 is 15.9 Å². The van der Waals surface area contributed by atoms with Crippen LogP contribution in [0.3, 0.4) is 0 Å². The molecule has 0 N–H and O–H groups in total. The highest BCUT2D eigenvalue weighted by atomic mass is 79.9. The van der Waals surface area contributed by atoms with Gasteiger partial charge in [0.2, 0.25) is 0 Å². The number of nitrogens with zero attached hydrogens (tertiary/aromatic N) is 1. The lowest BCUT2D eigenvalue weighted by molar-refractivity contribution is 0.0773. The molecule has 0 atom stereocenters. The second-order valence-corrected chi connectivity index (χ2v) is 4.73. The van der Waals surface area contributed by atoms with Gasteiger partial charge in [0.15, 0.2) is 11.5 Å². The zero-order valence-electron chi connectivity index (χ0n) is 10.3. The maximum atomic E-state index is 12.3. The summed E-state index contributed by atoms with van der Waals surface area (Å²) in [6, 6.07) is 5.34. The number of hydrogen-bond donors (Lipinski definition) is 0. The van der Waals surface area contributed by atoms with Crippen LogP contribution in [0.15, 0.2) is 18.2 Å². The number of fused-ring (bicyclic) bond motifs is 1. The third-order valence-electron chi connectivity index (χ3n) is 2.81. The third-order valence-corrected chi connectivity index (χ3v) is 3.17. The van der Waals surface area contributed by atoms with E-state index in [-0.39, 0.29) is 5.91 Å². The number of rotatable bonds is 4. The lowest BCUT2D eigenvalue weighted by Crippen LogP contribution is -2.32. The molecule has 1 aromatic carbocycles. The van der Waals surface area contributed by atoms with Crippen molar-refractivity contribution in [3.63, 3.8) is 0 Å². The van der Waals surface area contributed by atoms with Crippen molar-refractivity contribution < 1.29 is 14.3 Å². The largest absolute Gasteiger partial charge is 0.486 e. The highest BCUT2D eigenvalue weighted by Crippen LogP contribution is 2.31. The minimum Gasteiger partial charge on any atom is -0.486 e. The summed E-state index contributed by atoms with van der Waals surface area (Å²) in [5.74, 6) is 1.39. The average molecular weight is 314 g/mol. The van der Waals surface area contributed by atoms with Gasteiger partial charge in [0.1, 0.15) is 13.2 Å². The Morgan fingerprint density at radius 3 is 2.72 bits per heavy atom. The summed E-state index contributed by atoms with van der Waals surface area (Å²) in [4.78, 5) is 14.1. The molecule has 4 nitrogen and oxygen atoms in total. The molecule has 1 aliphatic rings. The van der Waals surface area contributed by atoms with Crippen LogP contribution in [0.4, 0.5) is 0 Å². The second-order valence-electron chi connectivity index (χ2n) is 3.93. The van der Waals surface area contributed by atoms with Gasteiger partial charge in [0, 0.05) is 24.0 Å². The zero-order valence-corrected chi connectivity index (χ0v) is 11.9. The van der Waals surface area contributed by atoms with Crippen LogP contribution in [0, 0.1) is 0 Å². The minimum absolute atomic E-state index is 0.0222. The van der Waals surface area contributed by atoms with Crippen molar-refractivity contribution in [2.75, 3.05) is 31.6 Å². The molecule has 0 fully saturated rings. The molecule has 1 heterocycles. The first-order chi connectivity index (χ1) is 8.76. The molecule has 0 saturated carbocycles. The van der Waals surface area contributed by atoms with Crippen molar-refractivity contribution in [2.45, 2.75) is 6.92 Å². The molecule has 1 aliphatic heterocycles. The van der Waals surface area contributed by atoms with Gasteiger partial charge in [0.05, 0.1) is 0 Å². The van der Waals surface area contributed by atoms with Crippen molar-refractivity contribution in [1.82, 2.24) is 4.90 Å². The molecule has 98 valence electrons. The molecular weight excluding hydrogens is 298 g/mol. The Morgan fingerprint density at radius 2 is 2.06 bits per heavy atom. The summed E-state index contributed by atoms with van der Waals surface area (Å²) in [5.41, 5.74) is 0.641. The van der Waals surface area contributed by atoms with Crippen LogP contribution in [-0.4, -0.2) is 42.4 Å². The van der Waals surface area contributed by atoms with Crippen LogP contribution in [-0.2, 0) is 0 Å². The normalized spacial score (nSPS) is 13.2. The Bertz CT molecular complexity index is 436. The van der Waals surface area contributed by atoms with Crippen molar-refractivity contribution in [2.24, 2.45) is 0 Å². The number of benzene rings is 1. The first kappa shape index (κ1) is 13.2. The molecule has 5 heteroatoms. The first-order valence-corrected chi connectivity index (χ1v) is 7.13. The maximum absolute atomic E-state index is 12.3. The van der Waals surface area contributed by atoms with Gasteiger partial charge >= 0.3 is 0 Å². The van der Waals surface area contributed by atoms with Crippen LogP contribution in [0.5, 0.6) is 11.5 Å². The van der Waals surface area contributed by atoms with Crippen LogP contribution in [0.25, 0.3) is 0 Å². The lowest BCUT2D eigenvalue weighted by Gasteiger charge is -2.22. The fraction of sp³-hybridized carbons (Fsp3) is 0.462. The fourth-order valence-electron chi connectivity index (χ4n) is 1.86. The van der Waals surface area contributed by atoms with Crippen LogP contribution < -0.4 is 9.47 Å². The number of ether oxygens (including phenoxy) is 2. The summed E-state index contributed by atoms with van der Waals surface area (Å²) in [6.07, 6.45) is 0. The zero-order chi connectivity index (χ0) is 13.0. The van der Waals surface area contributed by atoms with E-state index in [2.05, 4.69) is 15.9 Å². The molecule has 0 aromatic heterocycles. The van der Waals surface area contributed by atoms with E-state index in [0.717, 1.165) is 5.33 Å². The van der Waals surface area contributed by atoms with Crippen molar-refractivity contribution in [3.8, 4) is 11.5 Å². The lowest BCUT2D eigenvalue weighted by atomic mass is 10.1. The molecule has 0 bridgehead atoms. The van der Waals surface area contributed by atoms with Gasteiger partial charge in [-0.2, -0.15) is 0 Å². The Balaban J connectivity index is 2.19. The molecule has 0 spiro atoms. The summed E-state index contributed by atoms with van der Waals surface area (Å²) in [6.45, 7) is 4.45. The van der Waals surface area contributed by atoms with E-state index in [1.165, 1.54) is 0 Å². The van der Waals surface area contributed by atoms with E-state index in [9.17, 15) is 4.79 Å². The number of amides is 1. The third kappa shape index (κ3) is 2.77. The first-order valence-electron chi connectivity index (χ1n) is 6.01. The van der Waals surface area contributed by atoms with Gasteiger partial charge in [-0.15, -0.1) is 0 Å². The number of carbonyl (C=O) groups excluding carboxylic acids is 1. The summed E-state index contributed by atoms with van der Waals surface area (Å²) >= 11 is 3.35. The van der Waals surface area contributed by atoms with Crippen LogP contribution in [0.2, 0.25) is 0 Å². The van der Waals surface area contributed by atoms with E-state index in [0.29, 0.717) is 43.4 Å². The molecule has 0 unspecified atom stereocenters. The summed E-state index contributed by atoms with van der Waals surface area (Å²) in [5, 5.41) is 0.775. The summed E-state index contributed by atoms with van der Waals surface area (Å²) < 4.78 is 10.9. The highest BCUT2D eigenvalue weighted by Gasteiger charge is 2.18. The van der Waals surface area contributed by atoms with E-state index in [4.69, 9.17) is 9.47 Å². The molecule has 1 aromatic rings. The predicted molar refractivity (Wildman–Crippen MR) is 72.8 cm³/mol. The second kappa shape index (κ2) is 6.09. The smallest absolute Gasteiger partial charge is 0.254 e. The molecule has 0 radical (unpaired) electrons. The number of halogens is 1. The van der Waals surface area contributed by atoms with Gasteiger partial charge in [-0.3, -0.25) is 4.79 Å². The molecule has 2 rings (SSSR count). The topological polar surface area (TPSA) is 38.8 Å². The fourth-order valence-corrected chi connectivity index (χ4v) is 2.29. The monoisotopic (exact) mass is 313 g/mol. The highest BCUT2D eigenvalue weighted by molar-refractivity contribution is 9.09. The van der Waals surface area contributed by atoms with Gasteiger partial charge in [0.25, 0.3) is 5.91 Å². The maximum Gasteiger partial charge on any atom is 0.254 e. The van der Waals surface area contributed by atoms with Gasteiger partial charge in [-0.1, -0.05) is 15.9 Å². The van der Waals surface area contributed by atoms with E-state index in [1.807, 2.05) is 6.92 Å². The van der Waals surface area contributed by atoms with E-state index in [1.54, 1.807) is 23.1 Å².